The van der Waals surface area contributed by atoms with Crippen LogP contribution in [0.5, 0.6) is 0 Å². The molecule has 2 N–H and O–H groups in total. The highest BCUT2D eigenvalue weighted by molar-refractivity contribution is 7.99. The molecule has 0 spiro atoms. The Morgan fingerprint density at radius 3 is 2.71 bits per heavy atom. The predicted octanol–water partition coefficient (Wildman–Crippen LogP) is 2.31. The molecule has 0 fully saturated rings. The highest BCUT2D eigenvalue weighted by Crippen LogP contribution is 2.21. The highest BCUT2D eigenvalue weighted by Gasteiger charge is 2.21. The SMILES string of the molecule is CCCNC(C)(CO)CCSc1ccncc1. The zero-order chi connectivity index (χ0) is 12.6. The van der Waals surface area contributed by atoms with Crippen molar-refractivity contribution in [2.75, 3.05) is 18.9 Å². The van der Waals surface area contributed by atoms with Crippen molar-refractivity contribution in [1.82, 2.24) is 10.3 Å². The van der Waals surface area contributed by atoms with Gasteiger partial charge in [-0.3, -0.25) is 4.98 Å². The van der Waals surface area contributed by atoms with Crippen molar-refractivity contribution in [1.29, 1.82) is 0 Å². The van der Waals surface area contributed by atoms with Crippen LogP contribution in [0.4, 0.5) is 0 Å². The molecular weight excluding hydrogens is 232 g/mol. The van der Waals surface area contributed by atoms with E-state index in [1.54, 1.807) is 11.8 Å². The van der Waals surface area contributed by atoms with Crippen LogP contribution in [0.15, 0.2) is 29.4 Å². The minimum absolute atomic E-state index is 0.157. The van der Waals surface area contributed by atoms with Gasteiger partial charge in [-0.15, -0.1) is 11.8 Å². The average Bonchev–Trinajstić information content (AvgIpc) is 2.38. The summed E-state index contributed by atoms with van der Waals surface area (Å²) >= 11 is 1.81. The Morgan fingerprint density at radius 1 is 1.41 bits per heavy atom. The van der Waals surface area contributed by atoms with Crippen LogP contribution >= 0.6 is 11.8 Å². The lowest BCUT2D eigenvalue weighted by atomic mass is 10.0. The first kappa shape index (κ1) is 14.5. The lowest BCUT2D eigenvalue weighted by molar-refractivity contribution is 0.171. The fourth-order valence-corrected chi connectivity index (χ4v) is 2.58. The monoisotopic (exact) mass is 254 g/mol. The second kappa shape index (κ2) is 7.69. The summed E-state index contributed by atoms with van der Waals surface area (Å²) in [6.07, 6.45) is 5.66. The predicted molar refractivity (Wildman–Crippen MR) is 73.4 cm³/mol. The fourth-order valence-electron chi connectivity index (χ4n) is 1.48. The summed E-state index contributed by atoms with van der Waals surface area (Å²) < 4.78 is 0. The lowest BCUT2D eigenvalue weighted by Gasteiger charge is -2.28. The van der Waals surface area contributed by atoms with Crippen molar-refractivity contribution in [3.63, 3.8) is 0 Å². The third-order valence-electron chi connectivity index (χ3n) is 2.72. The largest absolute Gasteiger partial charge is 0.394 e. The molecule has 17 heavy (non-hydrogen) atoms. The maximum absolute atomic E-state index is 9.43. The Kier molecular flexibility index (Phi) is 6.55. The van der Waals surface area contributed by atoms with Crippen LogP contribution in [0.25, 0.3) is 0 Å². The van der Waals surface area contributed by atoms with Crippen LogP contribution in [0, 0.1) is 0 Å². The first-order valence-electron chi connectivity index (χ1n) is 6.09. The van der Waals surface area contributed by atoms with Gasteiger partial charge in [-0.2, -0.15) is 0 Å². The molecule has 0 amide bonds. The smallest absolute Gasteiger partial charge is 0.0610 e. The number of aromatic nitrogens is 1. The minimum atomic E-state index is -0.157. The Balaban J connectivity index is 2.32. The normalized spacial score (nSPS) is 14.5. The second-order valence-corrected chi connectivity index (χ2v) is 5.60. The van der Waals surface area contributed by atoms with Crippen LogP contribution in [0.1, 0.15) is 26.7 Å². The first-order chi connectivity index (χ1) is 8.20. The third-order valence-corrected chi connectivity index (χ3v) is 3.74. The van der Waals surface area contributed by atoms with Gasteiger partial charge in [0.05, 0.1) is 6.61 Å². The van der Waals surface area contributed by atoms with E-state index in [0.29, 0.717) is 0 Å². The number of thioether (sulfide) groups is 1. The fraction of sp³-hybridized carbons (Fsp3) is 0.615. The van der Waals surface area contributed by atoms with Gasteiger partial charge in [0.25, 0.3) is 0 Å². The molecule has 96 valence electrons. The van der Waals surface area contributed by atoms with Crippen LogP contribution in [-0.4, -0.2) is 34.5 Å². The summed E-state index contributed by atoms with van der Waals surface area (Å²) in [5, 5.41) is 12.8. The van der Waals surface area contributed by atoms with Gasteiger partial charge in [0.1, 0.15) is 0 Å². The van der Waals surface area contributed by atoms with E-state index < -0.39 is 0 Å². The Labute approximate surface area is 108 Å². The summed E-state index contributed by atoms with van der Waals surface area (Å²) in [5.74, 6) is 0.998. The number of hydrogen-bond donors (Lipinski definition) is 2. The third kappa shape index (κ3) is 5.52. The molecule has 0 aliphatic heterocycles. The highest BCUT2D eigenvalue weighted by atomic mass is 32.2. The van der Waals surface area contributed by atoms with Crippen molar-refractivity contribution < 1.29 is 5.11 Å². The molecule has 1 unspecified atom stereocenters. The van der Waals surface area contributed by atoms with E-state index in [-0.39, 0.29) is 12.1 Å². The number of pyridine rings is 1. The molecule has 1 aromatic rings. The number of hydrogen-bond acceptors (Lipinski definition) is 4. The van der Waals surface area contributed by atoms with Gasteiger partial charge in [-0.1, -0.05) is 6.92 Å². The zero-order valence-electron chi connectivity index (χ0n) is 10.6. The molecule has 3 nitrogen and oxygen atoms in total. The molecule has 0 bridgehead atoms. The van der Waals surface area contributed by atoms with Crippen LogP contribution in [0.3, 0.4) is 0 Å². The lowest BCUT2D eigenvalue weighted by Crippen LogP contribution is -2.46. The van der Waals surface area contributed by atoms with E-state index in [4.69, 9.17) is 0 Å². The number of nitrogens with one attached hydrogen (secondary N) is 1. The zero-order valence-corrected chi connectivity index (χ0v) is 11.5. The molecule has 0 aliphatic carbocycles. The van der Waals surface area contributed by atoms with Crippen molar-refractivity contribution in [2.45, 2.75) is 37.1 Å². The van der Waals surface area contributed by atoms with Gasteiger partial charge >= 0.3 is 0 Å². The molecule has 0 saturated heterocycles. The van der Waals surface area contributed by atoms with E-state index in [1.807, 2.05) is 24.5 Å². The number of rotatable bonds is 8. The Morgan fingerprint density at radius 2 is 2.12 bits per heavy atom. The number of nitrogens with zero attached hydrogens (tertiary/aromatic N) is 1. The van der Waals surface area contributed by atoms with Crippen molar-refractivity contribution in [3.8, 4) is 0 Å². The van der Waals surface area contributed by atoms with E-state index in [1.165, 1.54) is 4.90 Å². The topological polar surface area (TPSA) is 45.1 Å². The van der Waals surface area contributed by atoms with Gasteiger partial charge in [-0.05, 0) is 44.2 Å². The Bertz CT molecular complexity index is 308. The van der Waals surface area contributed by atoms with Gasteiger partial charge < -0.3 is 10.4 Å². The molecule has 1 atom stereocenters. The standard InChI is InChI=1S/C13H22N2OS/c1-3-7-15-13(2,11-16)6-10-17-12-4-8-14-9-5-12/h4-5,8-9,15-16H,3,6-7,10-11H2,1-2H3. The van der Waals surface area contributed by atoms with Gasteiger partial charge in [-0.25, -0.2) is 0 Å². The summed E-state index contributed by atoms with van der Waals surface area (Å²) in [7, 11) is 0. The van der Waals surface area contributed by atoms with E-state index in [9.17, 15) is 5.11 Å². The maximum atomic E-state index is 9.43. The van der Waals surface area contributed by atoms with Gasteiger partial charge in [0.2, 0.25) is 0 Å². The Hall–Kier alpha value is -0.580. The maximum Gasteiger partial charge on any atom is 0.0610 e. The summed E-state index contributed by atoms with van der Waals surface area (Å²) in [6.45, 7) is 5.35. The summed E-state index contributed by atoms with van der Waals surface area (Å²) in [4.78, 5) is 5.23. The molecule has 1 aromatic heterocycles. The molecule has 0 saturated carbocycles. The van der Waals surface area contributed by atoms with Crippen molar-refractivity contribution in [3.05, 3.63) is 24.5 Å². The molecule has 4 heteroatoms. The average molecular weight is 254 g/mol. The van der Waals surface area contributed by atoms with E-state index >= 15 is 0 Å². The van der Waals surface area contributed by atoms with Crippen molar-refractivity contribution in [2.24, 2.45) is 0 Å². The quantitative estimate of drug-likeness (QED) is 0.699. The van der Waals surface area contributed by atoms with E-state index in [0.717, 1.165) is 25.1 Å². The molecule has 1 rings (SSSR count). The molecular formula is C13H22N2OS. The number of aliphatic hydroxyl groups excluding tert-OH is 1. The summed E-state index contributed by atoms with van der Waals surface area (Å²) in [6, 6.07) is 4.03. The van der Waals surface area contributed by atoms with Crippen molar-refractivity contribution >= 4 is 11.8 Å². The van der Waals surface area contributed by atoms with Crippen LogP contribution < -0.4 is 5.32 Å². The van der Waals surface area contributed by atoms with Crippen LogP contribution in [-0.2, 0) is 0 Å². The minimum Gasteiger partial charge on any atom is -0.394 e. The molecule has 1 heterocycles. The van der Waals surface area contributed by atoms with Gasteiger partial charge in [0, 0.05) is 22.8 Å². The molecule has 0 radical (unpaired) electrons. The van der Waals surface area contributed by atoms with Gasteiger partial charge in [0.15, 0.2) is 0 Å². The van der Waals surface area contributed by atoms with E-state index in [2.05, 4.69) is 24.1 Å². The second-order valence-electron chi connectivity index (χ2n) is 4.43. The number of aliphatic hydroxyl groups is 1. The summed E-state index contributed by atoms with van der Waals surface area (Å²) in [5.41, 5.74) is -0.157. The first-order valence-corrected chi connectivity index (χ1v) is 7.07. The molecule has 0 aliphatic rings. The molecule has 0 aromatic carbocycles. The van der Waals surface area contributed by atoms with Crippen LogP contribution in [0.2, 0.25) is 0 Å².